The zero-order chi connectivity index (χ0) is 11.4. The maximum atomic E-state index is 9.07. The summed E-state index contributed by atoms with van der Waals surface area (Å²) in [5, 5.41) is 9.07. The summed E-state index contributed by atoms with van der Waals surface area (Å²) in [6.45, 7) is 5.60. The first-order chi connectivity index (χ1) is 7.27. The van der Waals surface area contributed by atoms with Crippen molar-refractivity contribution in [2.45, 2.75) is 77.2 Å². The van der Waals surface area contributed by atoms with Crippen LogP contribution in [0.25, 0.3) is 0 Å². The highest BCUT2D eigenvalue weighted by molar-refractivity contribution is 4.65. The largest absolute Gasteiger partial charge is 0.393 e. The maximum Gasteiger partial charge on any atom is 0.0512 e. The SMILES string of the molecule is C=CCCCCCCCCCC[C@H](C)O. The normalized spacial score (nSPS) is 12.7. The standard InChI is InChI=1S/C14H28O/c1-3-4-5-6-7-8-9-10-11-12-13-14(2)15/h3,14-15H,1,4-13H2,2H3/t14-/m0/s1. The van der Waals surface area contributed by atoms with E-state index in [1.165, 1.54) is 57.8 Å². The number of aliphatic hydroxyl groups is 1. The zero-order valence-electron chi connectivity index (χ0n) is 10.4. The fourth-order valence-corrected chi connectivity index (χ4v) is 1.79. The van der Waals surface area contributed by atoms with E-state index in [1.54, 1.807) is 0 Å². The van der Waals surface area contributed by atoms with Gasteiger partial charge in [0.1, 0.15) is 0 Å². The zero-order valence-corrected chi connectivity index (χ0v) is 10.4. The Labute approximate surface area is 95.6 Å². The van der Waals surface area contributed by atoms with E-state index in [0.717, 1.165) is 6.42 Å². The van der Waals surface area contributed by atoms with Crippen molar-refractivity contribution in [3.63, 3.8) is 0 Å². The van der Waals surface area contributed by atoms with Crippen molar-refractivity contribution in [3.05, 3.63) is 12.7 Å². The van der Waals surface area contributed by atoms with Crippen LogP contribution in [0.3, 0.4) is 0 Å². The molecule has 0 fully saturated rings. The number of allylic oxidation sites excluding steroid dienone is 1. The second-order valence-corrected chi connectivity index (χ2v) is 4.54. The molecule has 0 aromatic rings. The van der Waals surface area contributed by atoms with Crippen molar-refractivity contribution < 1.29 is 5.11 Å². The first-order valence-electron chi connectivity index (χ1n) is 6.56. The van der Waals surface area contributed by atoms with Crippen LogP contribution in [-0.2, 0) is 0 Å². The molecule has 1 nitrogen and oxygen atoms in total. The van der Waals surface area contributed by atoms with Gasteiger partial charge in [0.2, 0.25) is 0 Å². The first-order valence-corrected chi connectivity index (χ1v) is 6.56. The molecule has 0 spiro atoms. The summed E-state index contributed by atoms with van der Waals surface area (Å²) in [7, 11) is 0. The Bertz CT molecular complexity index is 129. The minimum Gasteiger partial charge on any atom is -0.393 e. The molecular weight excluding hydrogens is 184 g/mol. The molecule has 90 valence electrons. The third kappa shape index (κ3) is 13.7. The fraction of sp³-hybridized carbons (Fsp3) is 0.857. The van der Waals surface area contributed by atoms with Gasteiger partial charge in [0, 0.05) is 0 Å². The predicted molar refractivity (Wildman–Crippen MR) is 68.0 cm³/mol. The van der Waals surface area contributed by atoms with Crippen molar-refractivity contribution in [3.8, 4) is 0 Å². The molecule has 0 aromatic carbocycles. The summed E-state index contributed by atoms with van der Waals surface area (Å²) in [5.74, 6) is 0. The minimum atomic E-state index is -0.107. The summed E-state index contributed by atoms with van der Waals surface area (Å²) in [6.07, 6.45) is 14.7. The quantitative estimate of drug-likeness (QED) is 0.396. The molecular formula is C14H28O. The van der Waals surface area contributed by atoms with Crippen LogP contribution in [-0.4, -0.2) is 11.2 Å². The average molecular weight is 212 g/mol. The Balaban J connectivity index is 2.89. The van der Waals surface area contributed by atoms with Gasteiger partial charge < -0.3 is 5.11 Å². The molecule has 0 aliphatic heterocycles. The highest BCUT2D eigenvalue weighted by Gasteiger charge is 1.95. The molecule has 0 aliphatic carbocycles. The van der Waals surface area contributed by atoms with Crippen molar-refractivity contribution in [2.75, 3.05) is 0 Å². The summed E-state index contributed by atoms with van der Waals surface area (Å²) in [4.78, 5) is 0. The minimum absolute atomic E-state index is 0.107. The van der Waals surface area contributed by atoms with Crippen LogP contribution in [0.1, 0.15) is 71.1 Å². The number of hydrogen-bond acceptors (Lipinski definition) is 1. The summed E-state index contributed by atoms with van der Waals surface area (Å²) >= 11 is 0. The molecule has 0 rings (SSSR count). The molecule has 0 aromatic heterocycles. The molecule has 1 atom stereocenters. The lowest BCUT2D eigenvalue weighted by molar-refractivity contribution is 0.180. The fourth-order valence-electron chi connectivity index (χ4n) is 1.79. The Morgan fingerprint density at radius 2 is 1.40 bits per heavy atom. The van der Waals surface area contributed by atoms with Gasteiger partial charge in [-0.2, -0.15) is 0 Å². The second-order valence-electron chi connectivity index (χ2n) is 4.54. The molecule has 0 unspecified atom stereocenters. The lowest BCUT2D eigenvalue weighted by Gasteiger charge is -2.03. The number of aliphatic hydroxyl groups excluding tert-OH is 1. The molecule has 15 heavy (non-hydrogen) atoms. The summed E-state index contributed by atoms with van der Waals surface area (Å²) < 4.78 is 0. The third-order valence-electron chi connectivity index (χ3n) is 2.78. The number of rotatable bonds is 11. The highest BCUT2D eigenvalue weighted by Crippen LogP contribution is 2.11. The van der Waals surface area contributed by atoms with Gasteiger partial charge in [-0.25, -0.2) is 0 Å². The van der Waals surface area contributed by atoms with Gasteiger partial charge in [0.25, 0.3) is 0 Å². The van der Waals surface area contributed by atoms with E-state index in [9.17, 15) is 0 Å². The monoisotopic (exact) mass is 212 g/mol. The van der Waals surface area contributed by atoms with E-state index in [0.29, 0.717) is 0 Å². The third-order valence-corrected chi connectivity index (χ3v) is 2.78. The van der Waals surface area contributed by atoms with Gasteiger partial charge in [0.05, 0.1) is 6.10 Å². The molecule has 0 aliphatic rings. The molecule has 0 amide bonds. The van der Waals surface area contributed by atoms with Crippen LogP contribution in [0.5, 0.6) is 0 Å². The molecule has 0 heterocycles. The predicted octanol–water partition coefficient (Wildman–Crippen LogP) is 4.45. The number of hydrogen-bond donors (Lipinski definition) is 1. The van der Waals surface area contributed by atoms with Crippen LogP contribution in [0, 0.1) is 0 Å². The Morgan fingerprint density at radius 3 is 1.87 bits per heavy atom. The molecule has 0 saturated carbocycles. The molecule has 1 N–H and O–H groups in total. The van der Waals surface area contributed by atoms with E-state index in [4.69, 9.17) is 5.11 Å². The van der Waals surface area contributed by atoms with E-state index < -0.39 is 0 Å². The molecule has 1 heteroatoms. The van der Waals surface area contributed by atoms with E-state index in [-0.39, 0.29) is 6.10 Å². The van der Waals surface area contributed by atoms with Gasteiger partial charge in [0.15, 0.2) is 0 Å². The topological polar surface area (TPSA) is 20.2 Å². The first kappa shape index (κ1) is 14.7. The second kappa shape index (κ2) is 11.8. The lowest BCUT2D eigenvalue weighted by atomic mass is 10.1. The van der Waals surface area contributed by atoms with Gasteiger partial charge in [-0.1, -0.05) is 51.0 Å². The van der Waals surface area contributed by atoms with Crippen molar-refractivity contribution in [1.82, 2.24) is 0 Å². The average Bonchev–Trinajstić information content (AvgIpc) is 2.20. The highest BCUT2D eigenvalue weighted by atomic mass is 16.3. The van der Waals surface area contributed by atoms with E-state index in [1.807, 2.05) is 13.0 Å². The van der Waals surface area contributed by atoms with Crippen molar-refractivity contribution in [2.24, 2.45) is 0 Å². The van der Waals surface area contributed by atoms with Crippen LogP contribution in [0.4, 0.5) is 0 Å². The van der Waals surface area contributed by atoms with Crippen LogP contribution in [0.15, 0.2) is 12.7 Å². The molecule has 0 saturated heterocycles. The smallest absolute Gasteiger partial charge is 0.0512 e. The van der Waals surface area contributed by atoms with Gasteiger partial charge in [-0.15, -0.1) is 6.58 Å². The summed E-state index contributed by atoms with van der Waals surface area (Å²) in [5.41, 5.74) is 0. The molecule has 0 bridgehead atoms. The van der Waals surface area contributed by atoms with Crippen LogP contribution in [0.2, 0.25) is 0 Å². The van der Waals surface area contributed by atoms with Gasteiger partial charge in [-0.3, -0.25) is 0 Å². The van der Waals surface area contributed by atoms with Gasteiger partial charge >= 0.3 is 0 Å². The lowest BCUT2D eigenvalue weighted by Crippen LogP contribution is -1.98. The molecule has 0 radical (unpaired) electrons. The number of unbranched alkanes of at least 4 members (excludes halogenated alkanes) is 8. The maximum absolute atomic E-state index is 9.07. The Kier molecular flexibility index (Phi) is 11.5. The Morgan fingerprint density at radius 1 is 0.933 bits per heavy atom. The van der Waals surface area contributed by atoms with Crippen LogP contribution >= 0.6 is 0 Å². The van der Waals surface area contributed by atoms with Crippen molar-refractivity contribution in [1.29, 1.82) is 0 Å². The summed E-state index contributed by atoms with van der Waals surface area (Å²) in [6, 6.07) is 0. The van der Waals surface area contributed by atoms with Gasteiger partial charge in [-0.05, 0) is 26.2 Å². The van der Waals surface area contributed by atoms with E-state index >= 15 is 0 Å². The van der Waals surface area contributed by atoms with Crippen LogP contribution < -0.4 is 0 Å². The van der Waals surface area contributed by atoms with Crippen molar-refractivity contribution >= 4 is 0 Å². The Hall–Kier alpha value is -0.300. The van der Waals surface area contributed by atoms with E-state index in [2.05, 4.69) is 6.58 Å².